The van der Waals surface area contributed by atoms with Gasteiger partial charge in [-0.3, -0.25) is 4.79 Å². The maximum Gasteiger partial charge on any atom is 0.374 e. The van der Waals surface area contributed by atoms with E-state index in [2.05, 4.69) is 11.1 Å². The van der Waals surface area contributed by atoms with Gasteiger partial charge in [0.15, 0.2) is 11.5 Å². The highest BCUT2D eigenvalue weighted by Gasteiger charge is 2.12. The molecule has 0 saturated heterocycles. The molecule has 0 aliphatic heterocycles. The van der Waals surface area contributed by atoms with Gasteiger partial charge in [0.1, 0.15) is 0 Å². The highest BCUT2D eigenvalue weighted by molar-refractivity contribution is 6.33. The summed E-state index contributed by atoms with van der Waals surface area (Å²) in [5.74, 6) is -0.117. The fourth-order valence-corrected chi connectivity index (χ4v) is 2.89. The zero-order chi connectivity index (χ0) is 22.1. The Balaban J connectivity index is 1.57. The van der Waals surface area contributed by atoms with Crippen molar-refractivity contribution < 1.29 is 23.8 Å². The SMILES string of the molecule is CCC(=O)C(=O)OCCCOc1ccc(C=Cc2ccc3ccccc3n2)cc1OC. The van der Waals surface area contributed by atoms with Crippen molar-refractivity contribution in [3.05, 3.63) is 65.9 Å². The Kier molecular flexibility index (Phi) is 7.76. The molecule has 6 heteroatoms. The smallest absolute Gasteiger partial charge is 0.374 e. The predicted octanol–water partition coefficient (Wildman–Crippen LogP) is 4.71. The van der Waals surface area contributed by atoms with Gasteiger partial charge >= 0.3 is 5.97 Å². The molecule has 0 aliphatic rings. The summed E-state index contributed by atoms with van der Waals surface area (Å²) in [4.78, 5) is 27.1. The van der Waals surface area contributed by atoms with Crippen LogP contribution in [0.15, 0.2) is 54.6 Å². The van der Waals surface area contributed by atoms with Crippen LogP contribution in [0.4, 0.5) is 0 Å². The second-order valence-corrected chi connectivity index (χ2v) is 6.79. The molecular formula is C25H25NO5. The summed E-state index contributed by atoms with van der Waals surface area (Å²) in [5.41, 5.74) is 2.77. The Morgan fingerprint density at radius 1 is 0.968 bits per heavy atom. The zero-order valence-corrected chi connectivity index (χ0v) is 17.7. The van der Waals surface area contributed by atoms with Crippen LogP contribution in [0.3, 0.4) is 0 Å². The van der Waals surface area contributed by atoms with Crippen LogP contribution in [0.1, 0.15) is 31.0 Å². The van der Waals surface area contributed by atoms with Crippen LogP contribution in [0, 0.1) is 0 Å². The lowest BCUT2D eigenvalue weighted by Gasteiger charge is -2.11. The number of Topliss-reactive ketones (excluding diaryl/α,β-unsaturated/α-hetero) is 1. The molecule has 0 bridgehead atoms. The van der Waals surface area contributed by atoms with Gasteiger partial charge in [-0.25, -0.2) is 9.78 Å². The molecule has 1 heterocycles. The number of methoxy groups -OCH3 is 1. The lowest BCUT2D eigenvalue weighted by molar-refractivity contribution is -0.153. The first kappa shape index (κ1) is 22.0. The molecule has 6 nitrogen and oxygen atoms in total. The minimum atomic E-state index is -0.794. The number of aromatic nitrogens is 1. The van der Waals surface area contributed by atoms with Crippen molar-refractivity contribution in [1.82, 2.24) is 4.98 Å². The summed E-state index contributed by atoms with van der Waals surface area (Å²) >= 11 is 0. The van der Waals surface area contributed by atoms with Crippen LogP contribution in [0.5, 0.6) is 11.5 Å². The number of fused-ring (bicyclic) bond motifs is 1. The quantitative estimate of drug-likeness (QED) is 0.269. The summed E-state index contributed by atoms with van der Waals surface area (Å²) in [6.07, 6.45) is 4.53. The molecule has 0 radical (unpaired) electrons. The number of para-hydroxylation sites is 1. The summed E-state index contributed by atoms with van der Waals surface area (Å²) in [6, 6.07) is 17.7. The minimum absolute atomic E-state index is 0.131. The molecule has 0 unspecified atom stereocenters. The van der Waals surface area contributed by atoms with Crippen LogP contribution >= 0.6 is 0 Å². The molecule has 0 aliphatic carbocycles. The molecule has 2 aromatic carbocycles. The van der Waals surface area contributed by atoms with E-state index in [-0.39, 0.29) is 13.0 Å². The summed E-state index contributed by atoms with van der Waals surface area (Å²) in [6.45, 7) is 2.09. The number of hydrogen-bond donors (Lipinski definition) is 0. The van der Waals surface area contributed by atoms with Crippen LogP contribution in [0.25, 0.3) is 23.1 Å². The molecule has 3 rings (SSSR count). The molecule has 1 aromatic heterocycles. The van der Waals surface area contributed by atoms with Gasteiger partial charge in [-0.15, -0.1) is 0 Å². The molecule has 160 valence electrons. The Morgan fingerprint density at radius 2 is 1.81 bits per heavy atom. The molecule has 0 fully saturated rings. The molecule has 0 spiro atoms. The fourth-order valence-electron chi connectivity index (χ4n) is 2.89. The minimum Gasteiger partial charge on any atom is -0.493 e. The average Bonchev–Trinajstić information content (AvgIpc) is 2.82. The number of carbonyl (C=O) groups is 2. The van der Waals surface area contributed by atoms with Crippen molar-refractivity contribution in [2.45, 2.75) is 19.8 Å². The third-order valence-corrected chi connectivity index (χ3v) is 4.58. The third kappa shape index (κ3) is 6.15. The van der Waals surface area contributed by atoms with Crippen LogP contribution in [-0.4, -0.2) is 37.1 Å². The Bertz CT molecular complexity index is 1090. The van der Waals surface area contributed by atoms with Crippen molar-refractivity contribution in [3.8, 4) is 11.5 Å². The number of ether oxygens (including phenoxy) is 3. The second-order valence-electron chi connectivity index (χ2n) is 6.79. The van der Waals surface area contributed by atoms with E-state index in [0.717, 1.165) is 22.2 Å². The highest BCUT2D eigenvalue weighted by Crippen LogP contribution is 2.29. The van der Waals surface area contributed by atoms with Crippen molar-refractivity contribution >= 4 is 34.8 Å². The van der Waals surface area contributed by atoms with Gasteiger partial charge in [-0.1, -0.05) is 43.3 Å². The van der Waals surface area contributed by atoms with E-state index in [1.54, 1.807) is 14.0 Å². The van der Waals surface area contributed by atoms with E-state index in [1.807, 2.05) is 60.7 Å². The molecule has 0 N–H and O–H groups in total. The number of benzene rings is 2. The van der Waals surface area contributed by atoms with E-state index in [0.29, 0.717) is 24.5 Å². The number of nitrogens with zero attached hydrogens (tertiary/aromatic N) is 1. The molecule has 31 heavy (non-hydrogen) atoms. The Labute approximate surface area is 181 Å². The topological polar surface area (TPSA) is 74.7 Å². The van der Waals surface area contributed by atoms with Crippen LogP contribution in [-0.2, 0) is 14.3 Å². The van der Waals surface area contributed by atoms with Gasteiger partial charge in [0.25, 0.3) is 0 Å². The summed E-state index contributed by atoms with van der Waals surface area (Å²) < 4.78 is 16.1. The largest absolute Gasteiger partial charge is 0.493 e. The molecule has 0 amide bonds. The van der Waals surface area contributed by atoms with Gasteiger partial charge in [-0.05, 0) is 35.9 Å². The van der Waals surface area contributed by atoms with E-state index in [4.69, 9.17) is 14.2 Å². The molecular weight excluding hydrogens is 394 g/mol. The number of esters is 1. The average molecular weight is 419 g/mol. The lowest BCUT2D eigenvalue weighted by atomic mass is 10.1. The first-order chi connectivity index (χ1) is 15.1. The maximum absolute atomic E-state index is 11.3. The van der Waals surface area contributed by atoms with Crippen molar-refractivity contribution in [1.29, 1.82) is 0 Å². The maximum atomic E-state index is 11.3. The van der Waals surface area contributed by atoms with Gasteiger partial charge in [0.05, 0.1) is 31.5 Å². The third-order valence-electron chi connectivity index (χ3n) is 4.58. The van der Waals surface area contributed by atoms with Crippen LogP contribution < -0.4 is 9.47 Å². The number of hydrogen-bond acceptors (Lipinski definition) is 6. The lowest BCUT2D eigenvalue weighted by Crippen LogP contribution is -2.17. The number of ketones is 1. The summed E-state index contributed by atoms with van der Waals surface area (Å²) in [5, 5.41) is 1.11. The number of pyridine rings is 1. The Morgan fingerprint density at radius 3 is 2.61 bits per heavy atom. The first-order valence-corrected chi connectivity index (χ1v) is 10.2. The Hall–Kier alpha value is -3.67. The molecule has 3 aromatic rings. The van der Waals surface area contributed by atoms with E-state index in [9.17, 15) is 9.59 Å². The molecule has 0 atom stereocenters. The van der Waals surface area contributed by atoms with Crippen LogP contribution in [0.2, 0.25) is 0 Å². The highest BCUT2D eigenvalue weighted by atomic mass is 16.5. The normalized spacial score (nSPS) is 10.9. The van der Waals surface area contributed by atoms with Gasteiger partial charge in [0, 0.05) is 18.2 Å². The summed E-state index contributed by atoms with van der Waals surface area (Å²) in [7, 11) is 1.58. The predicted molar refractivity (Wildman–Crippen MR) is 120 cm³/mol. The number of rotatable bonds is 10. The standard InChI is InChI=1S/C25H25NO5/c1-3-22(27)25(28)31-16-6-15-30-23-14-10-18(17-24(23)29-2)9-12-20-13-11-19-7-4-5-8-21(19)26-20/h4-5,7-14,17H,3,6,15-16H2,1-2H3. The van der Waals surface area contributed by atoms with Crippen molar-refractivity contribution in [3.63, 3.8) is 0 Å². The van der Waals surface area contributed by atoms with Crippen molar-refractivity contribution in [2.75, 3.05) is 20.3 Å². The molecule has 0 saturated carbocycles. The van der Waals surface area contributed by atoms with E-state index in [1.165, 1.54) is 0 Å². The van der Waals surface area contributed by atoms with Gasteiger partial charge < -0.3 is 14.2 Å². The number of carbonyl (C=O) groups excluding carboxylic acids is 2. The van der Waals surface area contributed by atoms with Crippen molar-refractivity contribution in [2.24, 2.45) is 0 Å². The van der Waals surface area contributed by atoms with E-state index < -0.39 is 11.8 Å². The van der Waals surface area contributed by atoms with Gasteiger partial charge in [0.2, 0.25) is 5.78 Å². The van der Waals surface area contributed by atoms with Gasteiger partial charge in [-0.2, -0.15) is 0 Å². The fraction of sp³-hybridized carbons (Fsp3) is 0.240. The second kappa shape index (κ2) is 10.9. The zero-order valence-electron chi connectivity index (χ0n) is 17.7. The monoisotopic (exact) mass is 419 g/mol. The van der Waals surface area contributed by atoms with E-state index >= 15 is 0 Å². The first-order valence-electron chi connectivity index (χ1n) is 10.2.